The number of aryl methyl sites for hydroxylation is 1. The minimum atomic E-state index is 0.115. The van der Waals surface area contributed by atoms with Gasteiger partial charge in [-0.2, -0.15) is 0 Å². The summed E-state index contributed by atoms with van der Waals surface area (Å²) in [5.41, 5.74) is 1.92. The molecule has 0 unspecified atom stereocenters. The Morgan fingerprint density at radius 1 is 1.47 bits per heavy atom. The normalized spacial score (nSPS) is 15.5. The lowest BCUT2D eigenvalue weighted by Gasteiger charge is -2.30. The number of carbonyl (C=O) groups is 1. The fraction of sp³-hybridized carbons (Fsp3) is 0.500. The molecule has 3 heteroatoms. The Morgan fingerprint density at radius 2 is 2.18 bits per heavy atom. The third-order valence-electron chi connectivity index (χ3n) is 3.46. The molecule has 1 amide bonds. The smallest absolute Gasteiger partial charge is 0.254 e. The maximum Gasteiger partial charge on any atom is 0.254 e. The summed E-state index contributed by atoms with van der Waals surface area (Å²) in [5.74, 6) is 0.831. The van der Waals surface area contributed by atoms with Gasteiger partial charge in [-0.25, -0.2) is 0 Å². The summed E-state index contributed by atoms with van der Waals surface area (Å²) < 4.78 is 0.892. The number of rotatable bonds is 3. The highest BCUT2D eigenvalue weighted by molar-refractivity contribution is 9.10. The minimum absolute atomic E-state index is 0.115. The average molecular weight is 296 g/mol. The van der Waals surface area contributed by atoms with Crippen LogP contribution in [0.15, 0.2) is 22.7 Å². The molecule has 92 valence electrons. The third-order valence-corrected chi connectivity index (χ3v) is 4.11. The van der Waals surface area contributed by atoms with Crippen LogP contribution in [0.3, 0.4) is 0 Å². The molecule has 1 aliphatic rings. The lowest BCUT2D eigenvalue weighted by atomic mass is 9.85. The summed E-state index contributed by atoms with van der Waals surface area (Å²) in [4.78, 5) is 14.1. The molecule has 0 spiro atoms. The zero-order valence-electron chi connectivity index (χ0n) is 10.4. The number of hydrogen-bond donors (Lipinski definition) is 0. The van der Waals surface area contributed by atoms with Gasteiger partial charge in [0.1, 0.15) is 0 Å². The van der Waals surface area contributed by atoms with Gasteiger partial charge in [0, 0.05) is 18.1 Å². The fourth-order valence-corrected chi connectivity index (χ4v) is 2.81. The topological polar surface area (TPSA) is 20.3 Å². The van der Waals surface area contributed by atoms with Gasteiger partial charge in [0.15, 0.2) is 0 Å². The SMILES string of the molecule is Cc1ccc(C(=O)N(C)CC2CCC2)c(Br)c1. The molecule has 0 N–H and O–H groups in total. The number of benzene rings is 1. The van der Waals surface area contributed by atoms with Crippen molar-refractivity contribution in [3.05, 3.63) is 33.8 Å². The Balaban J connectivity index is 2.07. The molecule has 0 aromatic heterocycles. The number of amides is 1. The first-order valence-corrected chi connectivity index (χ1v) is 6.89. The summed E-state index contributed by atoms with van der Waals surface area (Å²) >= 11 is 3.47. The lowest BCUT2D eigenvalue weighted by Crippen LogP contribution is -2.34. The first-order valence-electron chi connectivity index (χ1n) is 6.09. The summed E-state index contributed by atoms with van der Waals surface area (Å²) in [6.07, 6.45) is 3.86. The molecule has 0 aliphatic heterocycles. The van der Waals surface area contributed by atoms with E-state index in [1.165, 1.54) is 19.3 Å². The van der Waals surface area contributed by atoms with Gasteiger partial charge < -0.3 is 4.90 Å². The van der Waals surface area contributed by atoms with Gasteiger partial charge in [-0.1, -0.05) is 12.5 Å². The summed E-state index contributed by atoms with van der Waals surface area (Å²) in [7, 11) is 1.90. The van der Waals surface area contributed by atoms with E-state index in [-0.39, 0.29) is 5.91 Å². The summed E-state index contributed by atoms with van der Waals surface area (Å²) in [6, 6.07) is 5.87. The molecule has 0 radical (unpaired) electrons. The Kier molecular flexibility index (Phi) is 3.87. The van der Waals surface area contributed by atoms with E-state index in [0.29, 0.717) is 5.92 Å². The molecule has 1 fully saturated rings. The molecule has 2 rings (SSSR count). The molecule has 17 heavy (non-hydrogen) atoms. The van der Waals surface area contributed by atoms with Crippen LogP contribution in [0.25, 0.3) is 0 Å². The van der Waals surface area contributed by atoms with Crippen LogP contribution in [-0.4, -0.2) is 24.4 Å². The van der Waals surface area contributed by atoms with E-state index in [9.17, 15) is 4.79 Å². The molecule has 1 aromatic rings. The standard InChI is InChI=1S/C14H18BrNO/c1-10-6-7-12(13(15)8-10)14(17)16(2)9-11-4-3-5-11/h6-8,11H,3-5,9H2,1-2H3. The average Bonchev–Trinajstić information content (AvgIpc) is 2.22. The van der Waals surface area contributed by atoms with Gasteiger partial charge in [-0.05, 0) is 59.3 Å². The first kappa shape index (κ1) is 12.6. The van der Waals surface area contributed by atoms with E-state index < -0.39 is 0 Å². The summed E-state index contributed by atoms with van der Waals surface area (Å²) in [5, 5.41) is 0. The highest BCUT2D eigenvalue weighted by atomic mass is 79.9. The highest BCUT2D eigenvalue weighted by Crippen LogP contribution is 2.27. The zero-order valence-corrected chi connectivity index (χ0v) is 12.0. The van der Waals surface area contributed by atoms with Crippen molar-refractivity contribution in [3.8, 4) is 0 Å². The number of halogens is 1. The predicted octanol–water partition coefficient (Wildman–Crippen LogP) is 3.63. The van der Waals surface area contributed by atoms with Gasteiger partial charge in [0.05, 0.1) is 5.56 Å². The molecule has 0 bridgehead atoms. The van der Waals surface area contributed by atoms with Gasteiger partial charge >= 0.3 is 0 Å². The van der Waals surface area contributed by atoms with E-state index in [0.717, 1.165) is 22.1 Å². The van der Waals surface area contributed by atoms with Crippen molar-refractivity contribution in [1.82, 2.24) is 4.90 Å². The Morgan fingerprint density at radius 3 is 2.71 bits per heavy atom. The van der Waals surface area contributed by atoms with E-state index in [1.54, 1.807) is 0 Å². The minimum Gasteiger partial charge on any atom is -0.341 e. The summed E-state index contributed by atoms with van der Waals surface area (Å²) in [6.45, 7) is 2.91. The van der Waals surface area contributed by atoms with Crippen molar-refractivity contribution in [1.29, 1.82) is 0 Å². The van der Waals surface area contributed by atoms with E-state index >= 15 is 0 Å². The molecular weight excluding hydrogens is 278 g/mol. The van der Waals surface area contributed by atoms with Crippen molar-refractivity contribution in [2.45, 2.75) is 26.2 Å². The van der Waals surface area contributed by atoms with Crippen LogP contribution in [0.5, 0.6) is 0 Å². The van der Waals surface area contributed by atoms with Crippen LogP contribution in [0, 0.1) is 12.8 Å². The van der Waals surface area contributed by atoms with Gasteiger partial charge in [-0.15, -0.1) is 0 Å². The quantitative estimate of drug-likeness (QED) is 0.834. The molecular formula is C14H18BrNO. The van der Waals surface area contributed by atoms with Crippen molar-refractivity contribution in [2.24, 2.45) is 5.92 Å². The van der Waals surface area contributed by atoms with Crippen molar-refractivity contribution in [2.75, 3.05) is 13.6 Å². The lowest BCUT2D eigenvalue weighted by molar-refractivity contribution is 0.0744. The van der Waals surface area contributed by atoms with E-state index in [4.69, 9.17) is 0 Å². The van der Waals surface area contributed by atoms with Crippen LogP contribution in [0.1, 0.15) is 35.2 Å². The molecule has 1 saturated carbocycles. The van der Waals surface area contributed by atoms with Crippen molar-refractivity contribution in [3.63, 3.8) is 0 Å². The Labute approximate surface area is 111 Å². The largest absolute Gasteiger partial charge is 0.341 e. The van der Waals surface area contributed by atoms with Crippen LogP contribution < -0.4 is 0 Å². The highest BCUT2D eigenvalue weighted by Gasteiger charge is 2.22. The van der Waals surface area contributed by atoms with Crippen molar-refractivity contribution >= 4 is 21.8 Å². The van der Waals surface area contributed by atoms with E-state index in [1.807, 2.05) is 37.1 Å². The molecule has 1 aromatic carbocycles. The predicted molar refractivity (Wildman–Crippen MR) is 73.2 cm³/mol. The second-order valence-electron chi connectivity index (χ2n) is 4.97. The van der Waals surface area contributed by atoms with Crippen LogP contribution in [-0.2, 0) is 0 Å². The molecule has 0 heterocycles. The molecule has 1 aliphatic carbocycles. The third kappa shape index (κ3) is 2.89. The fourth-order valence-electron chi connectivity index (χ4n) is 2.14. The van der Waals surface area contributed by atoms with Gasteiger partial charge in [-0.3, -0.25) is 4.79 Å². The number of nitrogens with zero attached hydrogens (tertiary/aromatic N) is 1. The van der Waals surface area contributed by atoms with Crippen LogP contribution in [0.4, 0.5) is 0 Å². The Bertz CT molecular complexity index is 426. The second kappa shape index (κ2) is 5.21. The maximum absolute atomic E-state index is 12.2. The van der Waals surface area contributed by atoms with Crippen LogP contribution in [0.2, 0.25) is 0 Å². The number of carbonyl (C=O) groups excluding carboxylic acids is 1. The molecule has 2 nitrogen and oxygen atoms in total. The van der Waals surface area contributed by atoms with Crippen LogP contribution >= 0.6 is 15.9 Å². The second-order valence-corrected chi connectivity index (χ2v) is 5.82. The van der Waals surface area contributed by atoms with E-state index in [2.05, 4.69) is 15.9 Å². The van der Waals surface area contributed by atoms with Crippen molar-refractivity contribution < 1.29 is 4.79 Å². The monoisotopic (exact) mass is 295 g/mol. The zero-order chi connectivity index (χ0) is 12.4. The van der Waals surface area contributed by atoms with Gasteiger partial charge in [0.25, 0.3) is 5.91 Å². The van der Waals surface area contributed by atoms with Gasteiger partial charge in [0.2, 0.25) is 0 Å². The molecule has 0 atom stereocenters. The Hall–Kier alpha value is -0.830. The number of hydrogen-bond acceptors (Lipinski definition) is 1. The molecule has 0 saturated heterocycles. The maximum atomic E-state index is 12.2. The first-order chi connectivity index (χ1) is 8.08.